The lowest BCUT2D eigenvalue weighted by Gasteiger charge is -2.31. The van der Waals surface area contributed by atoms with Gasteiger partial charge in [-0.2, -0.15) is 0 Å². The van der Waals surface area contributed by atoms with Crippen molar-refractivity contribution in [3.63, 3.8) is 0 Å². The van der Waals surface area contributed by atoms with Crippen molar-refractivity contribution in [1.29, 1.82) is 0 Å². The minimum atomic E-state index is -0.346. The first kappa shape index (κ1) is 21.4. The molecule has 0 saturated carbocycles. The van der Waals surface area contributed by atoms with Crippen molar-refractivity contribution in [1.82, 2.24) is 10.2 Å². The second kappa shape index (κ2) is 9.96. The van der Waals surface area contributed by atoms with Gasteiger partial charge in [0.2, 0.25) is 5.91 Å². The number of rotatable bonds is 6. The van der Waals surface area contributed by atoms with Crippen LogP contribution in [0.25, 0.3) is 0 Å². The van der Waals surface area contributed by atoms with Crippen molar-refractivity contribution in [2.75, 3.05) is 18.4 Å². The van der Waals surface area contributed by atoms with Gasteiger partial charge in [-0.1, -0.05) is 30.3 Å². The van der Waals surface area contributed by atoms with Gasteiger partial charge in [-0.3, -0.25) is 14.4 Å². The Bertz CT molecular complexity index is 1050. The molecule has 0 bridgehead atoms. The maximum absolute atomic E-state index is 12.8. The van der Waals surface area contributed by atoms with Crippen molar-refractivity contribution in [2.45, 2.75) is 19.4 Å². The van der Waals surface area contributed by atoms with Crippen molar-refractivity contribution >= 4 is 23.4 Å². The minimum Gasteiger partial charge on any atom is -0.459 e. The van der Waals surface area contributed by atoms with Gasteiger partial charge in [0.1, 0.15) is 0 Å². The van der Waals surface area contributed by atoms with Crippen LogP contribution in [0, 0.1) is 5.92 Å². The van der Waals surface area contributed by atoms with E-state index in [9.17, 15) is 14.4 Å². The standard InChI is InChI=1S/C25H25N3O4/c29-23(26-17-18-5-2-1-3-6-18)19-12-14-28(15-13-19)25(31)20-8-10-21(11-9-20)27-24(30)22-7-4-16-32-22/h1-11,16,19H,12-15,17H2,(H,26,29)(H,27,30). The number of furan rings is 1. The molecule has 3 amide bonds. The summed E-state index contributed by atoms with van der Waals surface area (Å²) in [6.45, 7) is 1.60. The minimum absolute atomic E-state index is 0.0394. The van der Waals surface area contributed by atoms with E-state index in [1.807, 2.05) is 30.3 Å². The summed E-state index contributed by atoms with van der Waals surface area (Å²) in [5.41, 5.74) is 2.20. The smallest absolute Gasteiger partial charge is 0.291 e. The summed E-state index contributed by atoms with van der Waals surface area (Å²) in [6, 6.07) is 19.8. The van der Waals surface area contributed by atoms with Crippen LogP contribution >= 0.6 is 0 Å². The number of carbonyl (C=O) groups excluding carboxylic acids is 3. The average molecular weight is 431 g/mol. The fourth-order valence-electron chi connectivity index (χ4n) is 3.75. The molecule has 1 aromatic heterocycles. The molecule has 3 aromatic rings. The highest BCUT2D eigenvalue weighted by Crippen LogP contribution is 2.20. The van der Waals surface area contributed by atoms with Gasteiger partial charge < -0.3 is 20.0 Å². The number of nitrogens with zero attached hydrogens (tertiary/aromatic N) is 1. The molecule has 0 aliphatic carbocycles. The molecule has 164 valence electrons. The number of nitrogens with one attached hydrogen (secondary N) is 2. The number of hydrogen-bond donors (Lipinski definition) is 2. The molecule has 7 nitrogen and oxygen atoms in total. The van der Waals surface area contributed by atoms with Gasteiger partial charge in [0, 0.05) is 36.8 Å². The monoisotopic (exact) mass is 431 g/mol. The topological polar surface area (TPSA) is 91.7 Å². The fourth-order valence-corrected chi connectivity index (χ4v) is 3.75. The third-order valence-electron chi connectivity index (χ3n) is 5.60. The fraction of sp³-hybridized carbons (Fsp3) is 0.240. The van der Waals surface area contributed by atoms with Crippen LogP contribution in [0.15, 0.2) is 77.4 Å². The lowest BCUT2D eigenvalue weighted by molar-refractivity contribution is -0.126. The lowest BCUT2D eigenvalue weighted by Crippen LogP contribution is -2.42. The molecule has 1 aliphatic rings. The molecule has 0 atom stereocenters. The molecule has 0 unspecified atom stereocenters. The van der Waals surface area contributed by atoms with Gasteiger partial charge in [-0.15, -0.1) is 0 Å². The molecule has 1 fully saturated rings. The number of hydrogen-bond acceptors (Lipinski definition) is 4. The van der Waals surface area contributed by atoms with E-state index in [1.54, 1.807) is 41.3 Å². The van der Waals surface area contributed by atoms with Gasteiger partial charge in [-0.25, -0.2) is 0 Å². The molecule has 2 N–H and O–H groups in total. The number of carbonyl (C=O) groups is 3. The van der Waals surface area contributed by atoms with Gasteiger partial charge in [0.15, 0.2) is 5.76 Å². The van der Waals surface area contributed by atoms with E-state index in [0.717, 1.165) is 5.56 Å². The van der Waals surface area contributed by atoms with Gasteiger partial charge in [0.05, 0.1) is 6.26 Å². The Hall–Kier alpha value is -3.87. The van der Waals surface area contributed by atoms with Crippen LogP contribution in [-0.4, -0.2) is 35.7 Å². The predicted octanol–water partition coefficient (Wildman–Crippen LogP) is 3.70. The number of likely N-dealkylation sites (tertiary alicyclic amines) is 1. The van der Waals surface area contributed by atoms with Crippen molar-refractivity contribution in [3.8, 4) is 0 Å². The highest BCUT2D eigenvalue weighted by molar-refractivity contribution is 6.02. The highest BCUT2D eigenvalue weighted by Gasteiger charge is 2.27. The van der Waals surface area contributed by atoms with E-state index >= 15 is 0 Å². The number of amides is 3. The van der Waals surface area contributed by atoms with E-state index in [0.29, 0.717) is 43.7 Å². The molecule has 2 aromatic carbocycles. The Morgan fingerprint density at radius 3 is 2.28 bits per heavy atom. The Balaban J connectivity index is 1.25. The molecule has 1 saturated heterocycles. The Morgan fingerprint density at radius 2 is 1.62 bits per heavy atom. The van der Waals surface area contributed by atoms with Gasteiger partial charge in [0.25, 0.3) is 11.8 Å². The van der Waals surface area contributed by atoms with Crippen molar-refractivity contribution < 1.29 is 18.8 Å². The van der Waals surface area contributed by atoms with Gasteiger partial charge >= 0.3 is 0 Å². The first-order chi connectivity index (χ1) is 15.6. The first-order valence-corrected chi connectivity index (χ1v) is 10.7. The Labute approximate surface area is 186 Å². The summed E-state index contributed by atoms with van der Waals surface area (Å²) in [6.07, 6.45) is 2.72. The zero-order valence-electron chi connectivity index (χ0n) is 17.6. The SMILES string of the molecule is O=C(Nc1ccc(C(=O)N2CCC(C(=O)NCc3ccccc3)CC2)cc1)c1ccco1. The zero-order chi connectivity index (χ0) is 22.3. The van der Waals surface area contributed by atoms with Crippen molar-refractivity contribution in [3.05, 3.63) is 89.9 Å². The van der Waals surface area contributed by atoms with Crippen LogP contribution in [0.4, 0.5) is 5.69 Å². The van der Waals surface area contributed by atoms with Crippen LogP contribution in [0.3, 0.4) is 0 Å². The summed E-state index contributed by atoms with van der Waals surface area (Å²) in [5, 5.41) is 5.72. The summed E-state index contributed by atoms with van der Waals surface area (Å²) >= 11 is 0. The maximum atomic E-state index is 12.8. The van der Waals surface area contributed by atoms with Crippen molar-refractivity contribution in [2.24, 2.45) is 5.92 Å². The second-order valence-electron chi connectivity index (χ2n) is 7.78. The van der Waals surface area contributed by atoms with Crippen LogP contribution in [0.1, 0.15) is 39.3 Å². The molecule has 0 spiro atoms. The van der Waals surface area contributed by atoms with Crippen LogP contribution < -0.4 is 10.6 Å². The average Bonchev–Trinajstić information content (AvgIpc) is 3.39. The summed E-state index contributed by atoms with van der Waals surface area (Å²) < 4.78 is 5.07. The number of anilines is 1. The third-order valence-corrected chi connectivity index (χ3v) is 5.60. The summed E-state index contributed by atoms with van der Waals surface area (Å²) in [4.78, 5) is 39.1. The molecular weight excluding hydrogens is 406 g/mol. The predicted molar refractivity (Wildman–Crippen MR) is 120 cm³/mol. The zero-order valence-corrected chi connectivity index (χ0v) is 17.6. The Kier molecular flexibility index (Phi) is 6.65. The van der Waals surface area contributed by atoms with Crippen LogP contribution in [0.5, 0.6) is 0 Å². The Morgan fingerprint density at radius 1 is 0.906 bits per heavy atom. The van der Waals surface area contributed by atoms with E-state index in [-0.39, 0.29) is 29.4 Å². The summed E-state index contributed by atoms with van der Waals surface area (Å²) in [5.74, 6) is -0.237. The number of piperidine rings is 1. The van der Waals surface area contributed by atoms with E-state index in [4.69, 9.17) is 4.42 Å². The molecule has 32 heavy (non-hydrogen) atoms. The highest BCUT2D eigenvalue weighted by atomic mass is 16.3. The lowest BCUT2D eigenvalue weighted by atomic mass is 9.95. The van der Waals surface area contributed by atoms with E-state index < -0.39 is 0 Å². The number of benzene rings is 2. The second-order valence-corrected chi connectivity index (χ2v) is 7.78. The van der Waals surface area contributed by atoms with E-state index in [1.165, 1.54) is 6.26 Å². The molecular formula is C25H25N3O4. The van der Waals surface area contributed by atoms with E-state index in [2.05, 4.69) is 10.6 Å². The van der Waals surface area contributed by atoms with Crippen LogP contribution in [0.2, 0.25) is 0 Å². The molecule has 0 radical (unpaired) electrons. The summed E-state index contributed by atoms with van der Waals surface area (Å²) in [7, 11) is 0. The molecule has 7 heteroatoms. The molecule has 2 heterocycles. The molecule has 1 aliphatic heterocycles. The molecule has 4 rings (SSSR count). The third kappa shape index (κ3) is 5.24. The quantitative estimate of drug-likeness (QED) is 0.623. The van der Waals surface area contributed by atoms with Crippen LogP contribution in [-0.2, 0) is 11.3 Å². The maximum Gasteiger partial charge on any atom is 0.291 e. The normalized spacial score (nSPS) is 14.1. The first-order valence-electron chi connectivity index (χ1n) is 10.7. The largest absolute Gasteiger partial charge is 0.459 e. The van der Waals surface area contributed by atoms with Gasteiger partial charge in [-0.05, 0) is 54.8 Å².